The lowest BCUT2D eigenvalue weighted by molar-refractivity contribution is -0.167. The van der Waals surface area contributed by atoms with Crippen LogP contribution in [0.15, 0.2) is 0 Å². The molecule has 0 fully saturated rings. The van der Waals surface area contributed by atoms with E-state index in [-0.39, 0.29) is 31.1 Å². The predicted molar refractivity (Wildman–Crippen MR) is 298 cm³/mol. The second-order valence-electron chi connectivity index (χ2n) is 21.7. The Hall–Kier alpha value is -1.59. The largest absolute Gasteiger partial charge is 0.462 e. The van der Waals surface area contributed by atoms with E-state index in [1.54, 1.807) is 0 Å². The van der Waals surface area contributed by atoms with Gasteiger partial charge in [0.25, 0.3) is 0 Å². The minimum absolute atomic E-state index is 0.0619. The summed E-state index contributed by atoms with van der Waals surface area (Å²) in [5.41, 5.74) is 0. The van der Waals surface area contributed by atoms with Gasteiger partial charge in [-0.3, -0.25) is 14.4 Å². The van der Waals surface area contributed by atoms with E-state index in [9.17, 15) is 14.4 Å². The number of carbonyl (C=O) groups is 3. The third kappa shape index (κ3) is 57.2. The van der Waals surface area contributed by atoms with Crippen LogP contribution >= 0.6 is 0 Å². The van der Waals surface area contributed by atoms with Crippen molar-refractivity contribution in [2.24, 2.45) is 0 Å². The standard InChI is InChI=1S/C63H122O6/c1-4-7-10-13-16-18-20-22-24-26-28-30-32-34-35-37-39-41-43-45-47-50-53-56-62(65)68-59-60(58-67-61(64)55-52-49-15-12-9-6-3)69-63(66)57-54-51-48-46-44-42-40-38-36-33-31-29-27-25-23-21-19-17-14-11-8-5-2/h60H,4-59H2,1-3H3. The summed E-state index contributed by atoms with van der Waals surface area (Å²) < 4.78 is 16.8. The molecule has 0 aliphatic rings. The van der Waals surface area contributed by atoms with Gasteiger partial charge in [-0.1, -0.05) is 329 Å². The van der Waals surface area contributed by atoms with Crippen molar-refractivity contribution in [3.63, 3.8) is 0 Å². The van der Waals surface area contributed by atoms with Crippen LogP contribution in [0.5, 0.6) is 0 Å². The average molecular weight is 976 g/mol. The second-order valence-corrected chi connectivity index (χ2v) is 21.7. The molecule has 69 heavy (non-hydrogen) atoms. The van der Waals surface area contributed by atoms with Crippen LogP contribution in [0.3, 0.4) is 0 Å². The molecule has 0 amide bonds. The summed E-state index contributed by atoms with van der Waals surface area (Å²) in [6.45, 7) is 6.66. The summed E-state index contributed by atoms with van der Waals surface area (Å²) in [7, 11) is 0. The Labute approximate surface area is 431 Å². The molecule has 1 atom stereocenters. The van der Waals surface area contributed by atoms with Gasteiger partial charge in [0, 0.05) is 19.3 Å². The van der Waals surface area contributed by atoms with Crippen LogP contribution in [0.4, 0.5) is 0 Å². The normalized spacial score (nSPS) is 11.9. The van der Waals surface area contributed by atoms with Crippen molar-refractivity contribution in [3.8, 4) is 0 Å². The quantitative estimate of drug-likeness (QED) is 0.0343. The molecule has 0 radical (unpaired) electrons. The Balaban J connectivity index is 4.02. The van der Waals surface area contributed by atoms with Crippen LogP contribution in [-0.2, 0) is 28.6 Å². The van der Waals surface area contributed by atoms with Crippen LogP contribution in [0.1, 0.15) is 367 Å². The summed E-state index contributed by atoms with van der Waals surface area (Å²) in [5.74, 6) is -0.842. The predicted octanol–water partition coefficient (Wildman–Crippen LogP) is 21.1. The third-order valence-corrected chi connectivity index (χ3v) is 14.6. The lowest BCUT2D eigenvalue weighted by Gasteiger charge is -2.18. The van der Waals surface area contributed by atoms with E-state index in [1.165, 1.54) is 270 Å². The molecule has 6 heteroatoms. The monoisotopic (exact) mass is 975 g/mol. The van der Waals surface area contributed by atoms with Gasteiger partial charge >= 0.3 is 17.9 Å². The first kappa shape index (κ1) is 67.4. The first-order chi connectivity index (χ1) is 34.0. The smallest absolute Gasteiger partial charge is 0.306 e. The minimum Gasteiger partial charge on any atom is -0.462 e. The molecule has 0 aliphatic heterocycles. The van der Waals surface area contributed by atoms with Crippen molar-refractivity contribution in [3.05, 3.63) is 0 Å². The molecule has 0 aromatic carbocycles. The Kier molecular flexibility index (Phi) is 57.6. The Bertz CT molecular complexity index is 1030. The van der Waals surface area contributed by atoms with Crippen molar-refractivity contribution >= 4 is 17.9 Å². The molecule has 0 N–H and O–H groups in total. The molecule has 0 bridgehead atoms. The number of esters is 3. The maximum absolute atomic E-state index is 12.8. The number of hydrogen-bond donors (Lipinski definition) is 0. The van der Waals surface area contributed by atoms with Crippen LogP contribution in [0, 0.1) is 0 Å². The van der Waals surface area contributed by atoms with Crippen molar-refractivity contribution in [1.29, 1.82) is 0 Å². The van der Waals surface area contributed by atoms with Crippen molar-refractivity contribution < 1.29 is 28.6 Å². The van der Waals surface area contributed by atoms with Gasteiger partial charge in [0.15, 0.2) is 6.10 Å². The fraction of sp³-hybridized carbons (Fsp3) is 0.952. The summed E-state index contributed by atoms with van der Waals surface area (Å²) >= 11 is 0. The van der Waals surface area contributed by atoms with E-state index >= 15 is 0 Å². The SMILES string of the molecule is CCCCCCCCCCCCCCCCCCCCCCCCCC(=O)OCC(COC(=O)CCCCCCCC)OC(=O)CCCCCCCCCCCCCCCCCCCCCCCC. The van der Waals surface area contributed by atoms with Crippen LogP contribution in [0.2, 0.25) is 0 Å². The van der Waals surface area contributed by atoms with Crippen LogP contribution < -0.4 is 0 Å². The van der Waals surface area contributed by atoms with Gasteiger partial charge < -0.3 is 14.2 Å². The molecule has 410 valence electrons. The summed E-state index contributed by atoms with van der Waals surface area (Å²) in [6, 6.07) is 0. The lowest BCUT2D eigenvalue weighted by atomic mass is 10.0. The third-order valence-electron chi connectivity index (χ3n) is 14.6. The topological polar surface area (TPSA) is 78.9 Å². The van der Waals surface area contributed by atoms with E-state index in [4.69, 9.17) is 14.2 Å². The molecule has 0 spiro atoms. The van der Waals surface area contributed by atoms with Gasteiger partial charge in [-0.15, -0.1) is 0 Å². The number of carbonyl (C=O) groups excluding carboxylic acids is 3. The molecule has 1 unspecified atom stereocenters. The molecule has 0 rings (SSSR count). The van der Waals surface area contributed by atoms with Gasteiger partial charge in [0.2, 0.25) is 0 Å². The van der Waals surface area contributed by atoms with Gasteiger partial charge in [-0.2, -0.15) is 0 Å². The van der Waals surface area contributed by atoms with Gasteiger partial charge in [0.05, 0.1) is 0 Å². The summed E-state index contributed by atoms with van der Waals surface area (Å²) in [6.07, 6.45) is 67.2. The highest BCUT2D eigenvalue weighted by molar-refractivity contribution is 5.71. The zero-order valence-corrected chi connectivity index (χ0v) is 47.1. The first-order valence-electron chi connectivity index (χ1n) is 31.5. The molecule has 0 saturated carbocycles. The summed E-state index contributed by atoms with van der Waals surface area (Å²) in [5, 5.41) is 0. The number of rotatable bonds is 59. The Morgan fingerprint density at radius 2 is 0.391 bits per heavy atom. The maximum atomic E-state index is 12.8. The van der Waals surface area contributed by atoms with E-state index in [0.29, 0.717) is 19.3 Å². The Morgan fingerprint density at radius 3 is 0.580 bits per heavy atom. The molecule has 0 aromatic rings. The minimum atomic E-state index is -0.760. The van der Waals surface area contributed by atoms with Gasteiger partial charge in [-0.05, 0) is 19.3 Å². The lowest BCUT2D eigenvalue weighted by Crippen LogP contribution is -2.30. The van der Waals surface area contributed by atoms with Crippen LogP contribution in [-0.4, -0.2) is 37.2 Å². The summed E-state index contributed by atoms with van der Waals surface area (Å²) in [4.78, 5) is 38.0. The highest BCUT2D eigenvalue weighted by Gasteiger charge is 2.19. The highest BCUT2D eigenvalue weighted by atomic mass is 16.6. The molecule has 0 saturated heterocycles. The molecular weight excluding hydrogens is 853 g/mol. The van der Waals surface area contributed by atoms with E-state index < -0.39 is 6.10 Å². The highest BCUT2D eigenvalue weighted by Crippen LogP contribution is 2.19. The molecular formula is C63H122O6. The fourth-order valence-electron chi connectivity index (χ4n) is 9.86. The average Bonchev–Trinajstić information content (AvgIpc) is 3.35. The number of unbranched alkanes of at least 4 members (excludes halogenated alkanes) is 48. The van der Waals surface area contributed by atoms with Gasteiger partial charge in [-0.25, -0.2) is 0 Å². The molecule has 0 aromatic heterocycles. The number of hydrogen-bond acceptors (Lipinski definition) is 6. The van der Waals surface area contributed by atoms with Crippen molar-refractivity contribution in [2.75, 3.05) is 13.2 Å². The molecule has 0 aliphatic carbocycles. The maximum Gasteiger partial charge on any atom is 0.306 e. The van der Waals surface area contributed by atoms with Crippen molar-refractivity contribution in [1.82, 2.24) is 0 Å². The van der Waals surface area contributed by atoms with Crippen molar-refractivity contribution in [2.45, 2.75) is 374 Å². The second kappa shape index (κ2) is 59.0. The van der Waals surface area contributed by atoms with E-state index in [0.717, 1.165) is 57.8 Å². The van der Waals surface area contributed by atoms with Gasteiger partial charge in [0.1, 0.15) is 13.2 Å². The molecule has 0 heterocycles. The number of ether oxygens (including phenoxy) is 3. The van der Waals surface area contributed by atoms with Crippen LogP contribution in [0.25, 0.3) is 0 Å². The van der Waals surface area contributed by atoms with E-state index in [2.05, 4.69) is 20.8 Å². The Morgan fingerprint density at radius 1 is 0.232 bits per heavy atom. The fourth-order valence-corrected chi connectivity index (χ4v) is 9.86. The zero-order chi connectivity index (χ0) is 50.0. The molecule has 6 nitrogen and oxygen atoms in total. The van der Waals surface area contributed by atoms with E-state index in [1.807, 2.05) is 0 Å². The first-order valence-corrected chi connectivity index (χ1v) is 31.5. The zero-order valence-electron chi connectivity index (χ0n) is 47.1.